The van der Waals surface area contributed by atoms with Crippen LogP contribution in [0.1, 0.15) is 11.1 Å². The molecule has 4 heteroatoms. The van der Waals surface area contributed by atoms with Crippen LogP contribution in [0.2, 0.25) is 0 Å². The average Bonchev–Trinajstić information content (AvgIpc) is 3.05. The number of rotatable bonds is 1. The Bertz CT molecular complexity index is 930. The van der Waals surface area contributed by atoms with E-state index in [1.807, 2.05) is 16.9 Å². The highest BCUT2D eigenvalue weighted by Gasteiger charge is 2.08. The molecule has 1 N–H and O–H groups in total. The van der Waals surface area contributed by atoms with Crippen LogP contribution in [0.15, 0.2) is 43.0 Å². The maximum Gasteiger partial charge on any atom is 0.158 e. The van der Waals surface area contributed by atoms with E-state index in [1.54, 1.807) is 6.33 Å². The molecule has 4 rings (SSSR count). The first-order valence-electron chi connectivity index (χ1n) is 6.60. The third-order valence-corrected chi connectivity index (χ3v) is 3.77. The largest absolute Gasteiger partial charge is 0.361 e. The van der Waals surface area contributed by atoms with Crippen molar-refractivity contribution in [2.24, 2.45) is 0 Å². The number of nitrogens with one attached hydrogen (secondary N) is 1. The molecular weight excluding hydrogens is 248 g/mol. The number of hydrogen-bond acceptors (Lipinski definition) is 2. The predicted octanol–water partition coefficient (Wildman–Crippen LogP) is 3.49. The van der Waals surface area contributed by atoms with Crippen molar-refractivity contribution in [3.8, 4) is 11.1 Å². The standard InChI is InChI=1S/C16H14N4/c1-10-5-12-3-4-17-15(12)7-14(10)13-6-11(2)16-18-9-19-20(16)8-13/h3-9,17H,1-2H3. The van der Waals surface area contributed by atoms with Crippen molar-refractivity contribution < 1.29 is 0 Å². The summed E-state index contributed by atoms with van der Waals surface area (Å²) in [5.74, 6) is 0. The van der Waals surface area contributed by atoms with Gasteiger partial charge in [0, 0.05) is 23.5 Å². The molecule has 0 atom stereocenters. The van der Waals surface area contributed by atoms with Gasteiger partial charge in [-0.15, -0.1) is 0 Å². The third kappa shape index (κ3) is 1.54. The first-order chi connectivity index (χ1) is 9.72. The van der Waals surface area contributed by atoms with E-state index in [9.17, 15) is 0 Å². The maximum absolute atomic E-state index is 4.26. The number of aromatic nitrogens is 4. The van der Waals surface area contributed by atoms with Crippen molar-refractivity contribution in [1.82, 2.24) is 19.6 Å². The molecule has 0 aliphatic rings. The highest BCUT2D eigenvalue weighted by atomic mass is 15.3. The second-order valence-corrected chi connectivity index (χ2v) is 5.17. The Morgan fingerprint density at radius 1 is 1.10 bits per heavy atom. The van der Waals surface area contributed by atoms with Crippen LogP contribution in [0, 0.1) is 13.8 Å². The molecule has 0 saturated carbocycles. The van der Waals surface area contributed by atoms with Crippen molar-refractivity contribution in [2.75, 3.05) is 0 Å². The second-order valence-electron chi connectivity index (χ2n) is 5.17. The SMILES string of the molecule is Cc1cc2cc[nH]c2cc1-c1cc(C)c2ncnn2c1. The molecule has 3 aromatic heterocycles. The summed E-state index contributed by atoms with van der Waals surface area (Å²) in [5.41, 5.74) is 6.84. The zero-order chi connectivity index (χ0) is 13.7. The molecule has 0 spiro atoms. The molecule has 1 aromatic carbocycles. The predicted molar refractivity (Wildman–Crippen MR) is 79.8 cm³/mol. The number of H-pyrrole nitrogens is 1. The molecule has 0 bridgehead atoms. The van der Waals surface area contributed by atoms with Crippen molar-refractivity contribution in [1.29, 1.82) is 0 Å². The Balaban J connectivity index is 2.01. The van der Waals surface area contributed by atoms with E-state index in [2.05, 4.69) is 53.2 Å². The highest BCUT2D eigenvalue weighted by Crippen LogP contribution is 2.28. The number of fused-ring (bicyclic) bond motifs is 2. The minimum absolute atomic E-state index is 0.910. The van der Waals surface area contributed by atoms with E-state index in [1.165, 1.54) is 16.5 Å². The second kappa shape index (κ2) is 3.93. The van der Waals surface area contributed by atoms with Crippen molar-refractivity contribution in [3.63, 3.8) is 0 Å². The first kappa shape index (κ1) is 11.2. The minimum Gasteiger partial charge on any atom is -0.361 e. The molecule has 0 aliphatic carbocycles. The van der Waals surface area contributed by atoms with Crippen molar-refractivity contribution in [2.45, 2.75) is 13.8 Å². The fourth-order valence-electron chi connectivity index (χ4n) is 2.77. The molecule has 4 aromatic rings. The highest BCUT2D eigenvalue weighted by molar-refractivity contribution is 5.87. The van der Waals surface area contributed by atoms with Crippen LogP contribution >= 0.6 is 0 Å². The van der Waals surface area contributed by atoms with Gasteiger partial charge in [0.05, 0.1) is 0 Å². The summed E-state index contributed by atoms with van der Waals surface area (Å²) >= 11 is 0. The van der Waals surface area contributed by atoms with Gasteiger partial charge in [-0.05, 0) is 60.2 Å². The number of aromatic amines is 1. The van der Waals surface area contributed by atoms with Gasteiger partial charge in [0.25, 0.3) is 0 Å². The topological polar surface area (TPSA) is 46.0 Å². The van der Waals surface area contributed by atoms with Gasteiger partial charge in [0.1, 0.15) is 6.33 Å². The molecule has 0 unspecified atom stereocenters. The van der Waals surface area contributed by atoms with Crippen LogP contribution in [-0.4, -0.2) is 19.6 Å². The third-order valence-electron chi connectivity index (χ3n) is 3.77. The van der Waals surface area contributed by atoms with Gasteiger partial charge in [0.2, 0.25) is 0 Å². The van der Waals surface area contributed by atoms with Crippen molar-refractivity contribution >= 4 is 16.6 Å². The van der Waals surface area contributed by atoms with E-state index in [0.29, 0.717) is 0 Å². The van der Waals surface area contributed by atoms with Crippen molar-refractivity contribution in [3.05, 3.63) is 54.1 Å². The molecule has 20 heavy (non-hydrogen) atoms. The maximum atomic E-state index is 4.26. The zero-order valence-electron chi connectivity index (χ0n) is 11.4. The number of hydrogen-bond donors (Lipinski definition) is 1. The zero-order valence-corrected chi connectivity index (χ0v) is 11.4. The number of benzene rings is 1. The summed E-state index contributed by atoms with van der Waals surface area (Å²) in [6, 6.07) is 8.67. The van der Waals surface area contributed by atoms with Crippen LogP contribution in [0.4, 0.5) is 0 Å². The molecule has 0 radical (unpaired) electrons. The lowest BCUT2D eigenvalue weighted by Gasteiger charge is -2.08. The van der Waals surface area contributed by atoms with Crippen LogP contribution in [0.5, 0.6) is 0 Å². The normalized spacial score (nSPS) is 11.5. The van der Waals surface area contributed by atoms with E-state index in [4.69, 9.17) is 0 Å². The summed E-state index contributed by atoms with van der Waals surface area (Å²) in [6.45, 7) is 4.21. The average molecular weight is 262 g/mol. The van der Waals surface area contributed by atoms with Gasteiger partial charge in [-0.25, -0.2) is 9.50 Å². The summed E-state index contributed by atoms with van der Waals surface area (Å²) in [6.07, 6.45) is 5.60. The van der Waals surface area contributed by atoms with E-state index >= 15 is 0 Å². The number of nitrogens with zero attached hydrogens (tertiary/aromatic N) is 3. The van der Waals surface area contributed by atoms with Gasteiger partial charge < -0.3 is 4.98 Å². The van der Waals surface area contributed by atoms with Gasteiger partial charge in [-0.1, -0.05) is 0 Å². The molecule has 0 amide bonds. The fourth-order valence-corrected chi connectivity index (χ4v) is 2.77. The Morgan fingerprint density at radius 2 is 2.00 bits per heavy atom. The Hall–Kier alpha value is -2.62. The molecule has 98 valence electrons. The minimum atomic E-state index is 0.910. The van der Waals surface area contributed by atoms with E-state index < -0.39 is 0 Å². The van der Waals surface area contributed by atoms with Gasteiger partial charge in [-0.2, -0.15) is 5.10 Å². The Kier molecular flexibility index (Phi) is 2.21. The van der Waals surface area contributed by atoms with Crippen LogP contribution in [0.25, 0.3) is 27.7 Å². The van der Waals surface area contributed by atoms with Crippen LogP contribution < -0.4 is 0 Å². The molecule has 4 nitrogen and oxygen atoms in total. The lowest BCUT2D eigenvalue weighted by Crippen LogP contribution is -1.93. The van der Waals surface area contributed by atoms with Crippen LogP contribution in [-0.2, 0) is 0 Å². The van der Waals surface area contributed by atoms with Crippen LogP contribution in [0.3, 0.4) is 0 Å². The van der Waals surface area contributed by atoms with Gasteiger partial charge >= 0.3 is 0 Å². The molecule has 0 saturated heterocycles. The first-order valence-corrected chi connectivity index (χ1v) is 6.60. The lowest BCUT2D eigenvalue weighted by atomic mass is 9.99. The molecule has 0 aliphatic heterocycles. The summed E-state index contributed by atoms with van der Waals surface area (Å²) in [7, 11) is 0. The molecule has 0 fully saturated rings. The summed E-state index contributed by atoms with van der Waals surface area (Å²) in [4.78, 5) is 7.53. The monoisotopic (exact) mass is 262 g/mol. The van der Waals surface area contributed by atoms with Gasteiger partial charge in [0.15, 0.2) is 5.65 Å². The summed E-state index contributed by atoms with van der Waals surface area (Å²) in [5, 5.41) is 5.49. The Labute approximate surface area is 116 Å². The number of aryl methyl sites for hydroxylation is 2. The smallest absolute Gasteiger partial charge is 0.158 e. The van der Waals surface area contributed by atoms with E-state index in [0.717, 1.165) is 22.3 Å². The Morgan fingerprint density at radius 3 is 2.90 bits per heavy atom. The van der Waals surface area contributed by atoms with E-state index in [-0.39, 0.29) is 0 Å². The fraction of sp³-hybridized carbons (Fsp3) is 0.125. The summed E-state index contributed by atoms with van der Waals surface area (Å²) < 4.78 is 1.84. The molecule has 3 heterocycles. The van der Waals surface area contributed by atoms with Gasteiger partial charge in [-0.3, -0.25) is 0 Å². The quantitative estimate of drug-likeness (QED) is 0.570. The molecular formula is C16H14N4. The lowest BCUT2D eigenvalue weighted by molar-refractivity contribution is 0.957. The number of pyridine rings is 1.